The van der Waals surface area contributed by atoms with E-state index in [1.165, 1.54) is 0 Å². The molecule has 3 rings (SSSR count). The van der Waals surface area contributed by atoms with E-state index in [0.717, 1.165) is 5.52 Å². The van der Waals surface area contributed by atoms with E-state index in [4.69, 9.17) is 4.74 Å². The Bertz CT molecular complexity index is 625. The second kappa shape index (κ2) is 5.22. The predicted octanol–water partition coefficient (Wildman–Crippen LogP) is 0.556. The number of fused-ring (bicyclic) bond motifs is 1. The molecule has 3 heterocycles. The third-order valence-electron chi connectivity index (χ3n) is 3.66. The number of nitrogens with zero attached hydrogens (tertiary/aromatic N) is 3. The number of aromatic nitrogens is 2. The molecule has 1 N–H and O–H groups in total. The number of pyridine rings is 1. The van der Waals surface area contributed by atoms with Crippen LogP contribution in [0.2, 0.25) is 0 Å². The fraction of sp³-hybridized carbons (Fsp3) is 0.429. The highest BCUT2D eigenvalue weighted by Gasteiger charge is 2.34. The zero-order valence-electron chi connectivity index (χ0n) is 11.3. The van der Waals surface area contributed by atoms with E-state index in [-0.39, 0.29) is 18.6 Å². The molecule has 1 saturated heterocycles. The molecule has 0 unspecified atom stereocenters. The third-order valence-corrected chi connectivity index (χ3v) is 3.66. The maximum atomic E-state index is 12.7. The van der Waals surface area contributed by atoms with E-state index >= 15 is 0 Å². The van der Waals surface area contributed by atoms with Crippen molar-refractivity contribution in [2.45, 2.75) is 19.1 Å². The van der Waals surface area contributed by atoms with Crippen LogP contribution in [-0.4, -0.2) is 57.4 Å². The first-order valence-electron chi connectivity index (χ1n) is 6.72. The van der Waals surface area contributed by atoms with Gasteiger partial charge in [-0.1, -0.05) is 6.07 Å². The minimum absolute atomic E-state index is 0.142. The number of amides is 1. The minimum Gasteiger partial charge on any atom is -0.388 e. The molecule has 0 saturated carbocycles. The SMILES string of the molecule is CCN(C(=O)c1cccc2ccnn12)[C@H]1COC[C@@H]1O. The molecule has 1 aliphatic rings. The zero-order chi connectivity index (χ0) is 14.1. The monoisotopic (exact) mass is 275 g/mol. The largest absolute Gasteiger partial charge is 0.388 e. The molecule has 1 fully saturated rings. The van der Waals surface area contributed by atoms with Gasteiger partial charge in [-0.3, -0.25) is 4.79 Å². The number of carbonyl (C=O) groups is 1. The van der Waals surface area contributed by atoms with Crippen LogP contribution in [0.25, 0.3) is 5.52 Å². The van der Waals surface area contributed by atoms with Crippen LogP contribution in [0.5, 0.6) is 0 Å². The first-order valence-corrected chi connectivity index (χ1v) is 6.72. The van der Waals surface area contributed by atoms with Crippen molar-refractivity contribution >= 4 is 11.4 Å². The van der Waals surface area contributed by atoms with Crippen LogP contribution in [0, 0.1) is 0 Å². The summed E-state index contributed by atoms with van der Waals surface area (Å²) in [4.78, 5) is 14.4. The van der Waals surface area contributed by atoms with Crippen molar-refractivity contribution < 1.29 is 14.6 Å². The lowest BCUT2D eigenvalue weighted by Crippen LogP contribution is -2.47. The first kappa shape index (κ1) is 13.1. The van der Waals surface area contributed by atoms with Crippen LogP contribution in [0.4, 0.5) is 0 Å². The van der Waals surface area contributed by atoms with Gasteiger partial charge in [-0.05, 0) is 25.1 Å². The number of likely N-dealkylation sites (N-methyl/N-ethyl adjacent to an activating group) is 1. The van der Waals surface area contributed by atoms with Gasteiger partial charge in [0, 0.05) is 6.54 Å². The van der Waals surface area contributed by atoms with Gasteiger partial charge < -0.3 is 14.7 Å². The Morgan fingerprint density at radius 2 is 2.35 bits per heavy atom. The van der Waals surface area contributed by atoms with E-state index in [1.807, 2.05) is 25.1 Å². The molecule has 6 nitrogen and oxygen atoms in total. The maximum Gasteiger partial charge on any atom is 0.272 e. The summed E-state index contributed by atoms with van der Waals surface area (Å²) in [5.74, 6) is -0.142. The number of hydrogen-bond acceptors (Lipinski definition) is 4. The highest BCUT2D eigenvalue weighted by molar-refractivity contribution is 5.93. The molecular formula is C14H17N3O3. The Hall–Kier alpha value is -1.92. The third kappa shape index (κ3) is 2.07. The van der Waals surface area contributed by atoms with Gasteiger partial charge in [0.25, 0.3) is 5.91 Å². The summed E-state index contributed by atoms with van der Waals surface area (Å²) >= 11 is 0. The van der Waals surface area contributed by atoms with Crippen LogP contribution >= 0.6 is 0 Å². The van der Waals surface area contributed by atoms with Crippen molar-refractivity contribution in [3.63, 3.8) is 0 Å². The van der Waals surface area contributed by atoms with E-state index in [0.29, 0.717) is 18.8 Å². The highest BCUT2D eigenvalue weighted by Crippen LogP contribution is 2.17. The Kier molecular flexibility index (Phi) is 3.42. The van der Waals surface area contributed by atoms with Crippen molar-refractivity contribution in [2.75, 3.05) is 19.8 Å². The molecule has 20 heavy (non-hydrogen) atoms. The quantitative estimate of drug-likeness (QED) is 0.888. The summed E-state index contributed by atoms with van der Waals surface area (Å²) in [6, 6.07) is 7.03. The Labute approximate surface area is 116 Å². The molecule has 0 bridgehead atoms. The molecule has 106 valence electrons. The van der Waals surface area contributed by atoms with Gasteiger partial charge in [0.2, 0.25) is 0 Å². The molecule has 2 aromatic rings. The number of aliphatic hydroxyl groups is 1. The van der Waals surface area contributed by atoms with Gasteiger partial charge in [0.15, 0.2) is 0 Å². The molecule has 2 atom stereocenters. The van der Waals surface area contributed by atoms with Crippen LogP contribution < -0.4 is 0 Å². The molecule has 1 amide bonds. The summed E-state index contributed by atoms with van der Waals surface area (Å²) in [5, 5.41) is 14.1. The fourth-order valence-electron chi connectivity index (χ4n) is 2.62. The molecule has 0 aromatic carbocycles. The van der Waals surface area contributed by atoms with E-state index in [9.17, 15) is 9.90 Å². The topological polar surface area (TPSA) is 67.1 Å². The Morgan fingerprint density at radius 3 is 3.05 bits per heavy atom. The van der Waals surface area contributed by atoms with Crippen molar-refractivity contribution in [1.29, 1.82) is 0 Å². The summed E-state index contributed by atoms with van der Waals surface area (Å²) in [6.07, 6.45) is 1.03. The number of rotatable bonds is 3. The molecule has 0 spiro atoms. The molecule has 1 aliphatic heterocycles. The second-order valence-corrected chi connectivity index (χ2v) is 4.84. The van der Waals surface area contributed by atoms with Crippen molar-refractivity contribution in [1.82, 2.24) is 14.5 Å². The van der Waals surface area contributed by atoms with Gasteiger partial charge in [-0.15, -0.1) is 0 Å². The van der Waals surface area contributed by atoms with Gasteiger partial charge in [-0.25, -0.2) is 4.52 Å². The lowest BCUT2D eigenvalue weighted by atomic mass is 10.1. The van der Waals surface area contributed by atoms with Crippen LogP contribution in [0.1, 0.15) is 17.4 Å². The zero-order valence-corrected chi connectivity index (χ0v) is 11.3. The Morgan fingerprint density at radius 1 is 1.50 bits per heavy atom. The molecule has 2 aromatic heterocycles. The fourth-order valence-corrected chi connectivity index (χ4v) is 2.62. The molecular weight excluding hydrogens is 258 g/mol. The van der Waals surface area contributed by atoms with Crippen LogP contribution in [0.3, 0.4) is 0 Å². The highest BCUT2D eigenvalue weighted by atomic mass is 16.5. The summed E-state index contributed by atoms with van der Waals surface area (Å²) in [5.41, 5.74) is 1.36. The summed E-state index contributed by atoms with van der Waals surface area (Å²) in [7, 11) is 0. The summed E-state index contributed by atoms with van der Waals surface area (Å²) in [6.45, 7) is 3.06. The van der Waals surface area contributed by atoms with Gasteiger partial charge in [0.05, 0.1) is 37.1 Å². The van der Waals surface area contributed by atoms with E-state index in [2.05, 4.69) is 5.10 Å². The molecule has 0 aliphatic carbocycles. The number of carbonyl (C=O) groups excluding carboxylic acids is 1. The van der Waals surface area contributed by atoms with Crippen molar-refractivity contribution in [3.8, 4) is 0 Å². The Balaban J connectivity index is 1.96. The minimum atomic E-state index is -0.629. The van der Waals surface area contributed by atoms with E-state index < -0.39 is 6.10 Å². The molecule has 6 heteroatoms. The number of ether oxygens (including phenoxy) is 1. The second-order valence-electron chi connectivity index (χ2n) is 4.84. The van der Waals surface area contributed by atoms with Crippen LogP contribution in [-0.2, 0) is 4.74 Å². The average molecular weight is 275 g/mol. The predicted molar refractivity (Wildman–Crippen MR) is 72.5 cm³/mol. The van der Waals surface area contributed by atoms with Gasteiger partial charge in [0.1, 0.15) is 5.69 Å². The number of aliphatic hydroxyl groups excluding tert-OH is 1. The smallest absolute Gasteiger partial charge is 0.272 e. The van der Waals surface area contributed by atoms with Crippen molar-refractivity contribution in [2.24, 2.45) is 0 Å². The first-order chi connectivity index (χ1) is 9.72. The van der Waals surface area contributed by atoms with Crippen LogP contribution in [0.15, 0.2) is 30.5 Å². The lowest BCUT2D eigenvalue weighted by molar-refractivity contribution is 0.0512. The molecule has 0 radical (unpaired) electrons. The number of hydrogen-bond donors (Lipinski definition) is 1. The normalized spacial score (nSPS) is 22.3. The summed E-state index contributed by atoms with van der Waals surface area (Å²) < 4.78 is 6.86. The van der Waals surface area contributed by atoms with Gasteiger partial charge >= 0.3 is 0 Å². The average Bonchev–Trinajstić information content (AvgIpc) is 3.08. The van der Waals surface area contributed by atoms with Crippen molar-refractivity contribution in [3.05, 3.63) is 36.2 Å². The standard InChI is InChI=1S/C14H17N3O3/c1-2-16(12-8-20-9-13(12)18)14(19)11-5-3-4-10-6-7-15-17(10)11/h3-7,12-13,18H,2,8-9H2,1H3/t12-,13-/m0/s1. The maximum absolute atomic E-state index is 12.7. The van der Waals surface area contributed by atoms with E-state index in [1.54, 1.807) is 21.7 Å². The van der Waals surface area contributed by atoms with Gasteiger partial charge in [-0.2, -0.15) is 5.10 Å². The lowest BCUT2D eigenvalue weighted by Gasteiger charge is -2.28.